The summed E-state index contributed by atoms with van der Waals surface area (Å²) in [7, 11) is 1.39. The Morgan fingerprint density at radius 1 is 1.35 bits per heavy atom. The molecule has 2 aliphatic heterocycles. The van der Waals surface area contributed by atoms with Crippen molar-refractivity contribution in [2.24, 2.45) is 5.92 Å². The predicted molar refractivity (Wildman–Crippen MR) is 71.5 cm³/mol. The molecule has 3 rings (SSSR count). The first-order valence-electron chi connectivity index (χ1n) is 6.81. The van der Waals surface area contributed by atoms with E-state index in [-0.39, 0.29) is 23.8 Å². The number of benzene rings is 1. The van der Waals surface area contributed by atoms with Gasteiger partial charge in [-0.25, -0.2) is 0 Å². The lowest BCUT2D eigenvalue weighted by Gasteiger charge is -2.36. The fourth-order valence-corrected chi connectivity index (χ4v) is 2.92. The van der Waals surface area contributed by atoms with Crippen molar-refractivity contribution in [2.75, 3.05) is 20.3 Å². The van der Waals surface area contributed by atoms with E-state index in [9.17, 15) is 9.59 Å². The van der Waals surface area contributed by atoms with Crippen LogP contribution >= 0.6 is 0 Å². The highest BCUT2D eigenvalue weighted by atomic mass is 16.5. The third kappa shape index (κ3) is 2.13. The molecule has 5 heteroatoms. The standard InChI is InChI=1S/C15H17NO4/c1-19-15(18)10-6-7-11-9-20-13-5-3-2-4-12(13)14(17)16(11)8-10/h2-5,10-11H,6-9H2,1H3/t10-,11-/m0/s1. The molecule has 2 atom stereocenters. The van der Waals surface area contributed by atoms with Crippen LogP contribution < -0.4 is 4.74 Å². The van der Waals surface area contributed by atoms with Gasteiger partial charge in [0.1, 0.15) is 12.4 Å². The lowest BCUT2D eigenvalue weighted by molar-refractivity contribution is -0.147. The molecule has 0 radical (unpaired) electrons. The molecule has 0 aromatic heterocycles. The van der Waals surface area contributed by atoms with Crippen LogP contribution in [0.2, 0.25) is 0 Å². The summed E-state index contributed by atoms with van der Waals surface area (Å²) in [5.74, 6) is 0.0957. The maximum Gasteiger partial charge on any atom is 0.310 e. The van der Waals surface area contributed by atoms with E-state index < -0.39 is 0 Å². The number of hydrogen-bond donors (Lipinski definition) is 0. The van der Waals surface area contributed by atoms with Crippen molar-refractivity contribution >= 4 is 11.9 Å². The maximum atomic E-state index is 12.6. The first-order chi connectivity index (χ1) is 9.70. The quantitative estimate of drug-likeness (QED) is 0.728. The minimum absolute atomic E-state index is 0.0378. The molecule has 0 saturated carbocycles. The van der Waals surface area contributed by atoms with Crippen molar-refractivity contribution in [1.82, 2.24) is 4.90 Å². The summed E-state index contributed by atoms with van der Waals surface area (Å²) in [5, 5.41) is 0. The number of methoxy groups -OCH3 is 1. The fourth-order valence-electron chi connectivity index (χ4n) is 2.92. The highest BCUT2D eigenvalue weighted by Crippen LogP contribution is 2.31. The van der Waals surface area contributed by atoms with Gasteiger partial charge in [-0.2, -0.15) is 0 Å². The third-order valence-corrected chi connectivity index (χ3v) is 4.05. The number of rotatable bonds is 1. The molecule has 5 nitrogen and oxygen atoms in total. The molecule has 20 heavy (non-hydrogen) atoms. The number of piperidine rings is 1. The van der Waals surface area contributed by atoms with Crippen LogP contribution in [0, 0.1) is 5.92 Å². The SMILES string of the molecule is COC(=O)[C@H]1CC[C@H]2COc3ccccc3C(=O)N2C1. The van der Waals surface area contributed by atoms with E-state index >= 15 is 0 Å². The molecule has 1 aromatic carbocycles. The molecule has 106 valence electrons. The van der Waals surface area contributed by atoms with Crippen LogP contribution in [0.15, 0.2) is 24.3 Å². The van der Waals surface area contributed by atoms with Crippen molar-refractivity contribution in [2.45, 2.75) is 18.9 Å². The average Bonchev–Trinajstić information content (AvgIpc) is 2.64. The first-order valence-corrected chi connectivity index (χ1v) is 6.81. The largest absolute Gasteiger partial charge is 0.491 e. The van der Waals surface area contributed by atoms with Gasteiger partial charge in [-0.3, -0.25) is 9.59 Å². The number of para-hydroxylation sites is 1. The summed E-state index contributed by atoms with van der Waals surface area (Å²) in [6.45, 7) is 0.893. The molecule has 2 heterocycles. The summed E-state index contributed by atoms with van der Waals surface area (Å²) in [6.07, 6.45) is 1.50. The van der Waals surface area contributed by atoms with Gasteiger partial charge in [0.2, 0.25) is 0 Å². The van der Waals surface area contributed by atoms with E-state index in [1.54, 1.807) is 11.0 Å². The van der Waals surface area contributed by atoms with Crippen LogP contribution in [0.4, 0.5) is 0 Å². The van der Waals surface area contributed by atoms with Crippen molar-refractivity contribution in [1.29, 1.82) is 0 Å². The Balaban J connectivity index is 1.88. The van der Waals surface area contributed by atoms with Crippen LogP contribution in [0.3, 0.4) is 0 Å². The summed E-state index contributed by atoms with van der Waals surface area (Å²) in [4.78, 5) is 26.1. The van der Waals surface area contributed by atoms with Crippen molar-refractivity contribution in [3.05, 3.63) is 29.8 Å². The fraction of sp³-hybridized carbons (Fsp3) is 0.467. The Morgan fingerprint density at radius 3 is 2.95 bits per heavy atom. The van der Waals surface area contributed by atoms with Gasteiger partial charge < -0.3 is 14.4 Å². The number of carbonyl (C=O) groups excluding carboxylic acids is 2. The number of hydrogen-bond acceptors (Lipinski definition) is 4. The molecule has 1 fully saturated rings. The Kier molecular flexibility index (Phi) is 3.34. The highest BCUT2D eigenvalue weighted by molar-refractivity contribution is 5.97. The predicted octanol–water partition coefficient (Wildman–Crippen LogP) is 1.47. The minimum atomic E-state index is -0.241. The summed E-state index contributed by atoms with van der Waals surface area (Å²) < 4.78 is 10.5. The molecule has 1 aromatic rings. The van der Waals surface area contributed by atoms with Gasteiger partial charge >= 0.3 is 5.97 Å². The van der Waals surface area contributed by atoms with E-state index in [1.165, 1.54) is 7.11 Å². The number of nitrogens with zero attached hydrogens (tertiary/aromatic N) is 1. The summed E-state index contributed by atoms with van der Waals surface area (Å²) in [6, 6.07) is 7.29. The molecule has 0 unspecified atom stereocenters. The Hall–Kier alpha value is -2.04. The minimum Gasteiger partial charge on any atom is -0.491 e. The van der Waals surface area contributed by atoms with E-state index in [0.29, 0.717) is 24.5 Å². The zero-order chi connectivity index (χ0) is 14.1. The van der Waals surface area contributed by atoms with Gasteiger partial charge in [-0.15, -0.1) is 0 Å². The topological polar surface area (TPSA) is 55.8 Å². The normalized spacial score (nSPS) is 25.1. The highest BCUT2D eigenvalue weighted by Gasteiger charge is 2.38. The molecule has 0 N–H and O–H groups in total. The van der Waals surface area contributed by atoms with Crippen LogP contribution in [0.5, 0.6) is 5.75 Å². The lowest BCUT2D eigenvalue weighted by Crippen LogP contribution is -2.49. The van der Waals surface area contributed by atoms with Gasteiger partial charge in [0.25, 0.3) is 5.91 Å². The monoisotopic (exact) mass is 275 g/mol. The van der Waals surface area contributed by atoms with Gasteiger partial charge in [0.15, 0.2) is 0 Å². The average molecular weight is 275 g/mol. The Morgan fingerprint density at radius 2 is 2.15 bits per heavy atom. The van der Waals surface area contributed by atoms with Crippen LogP contribution in [0.25, 0.3) is 0 Å². The van der Waals surface area contributed by atoms with Gasteiger partial charge in [-0.05, 0) is 25.0 Å². The van der Waals surface area contributed by atoms with Crippen molar-refractivity contribution < 1.29 is 19.1 Å². The zero-order valence-corrected chi connectivity index (χ0v) is 11.4. The second-order valence-corrected chi connectivity index (χ2v) is 5.22. The number of fused-ring (bicyclic) bond motifs is 2. The van der Waals surface area contributed by atoms with Gasteiger partial charge in [0, 0.05) is 6.54 Å². The van der Waals surface area contributed by atoms with Crippen molar-refractivity contribution in [3.63, 3.8) is 0 Å². The number of ether oxygens (including phenoxy) is 2. The van der Waals surface area contributed by atoms with Gasteiger partial charge in [-0.1, -0.05) is 12.1 Å². The first kappa shape index (κ1) is 13.0. The molecule has 0 bridgehead atoms. The Bertz CT molecular complexity index is 542. The maximum absolute atomic E-state index is 12.6. The van der Waals surface area contributed by atoms with Crippen LogP contribution in [-0.4, -0.2) is 43.1 Å². The lowest BCUT2D eigenvalue weighted by atomic mass is 9.92. The molecule has 1 amide bonds. The molecular weight excluding hydrogens is 258 g/mol. The van der Waals surface area contributed by atoms with Crippen molar-refractivity contribution in [3.8, 4) is 5.75 Å². The molecule has 2 aliphatic rings. The Labute approximate surface area is 117 Å². The van der Waals surface area contributed by atoms with E-state index in [0.717, 1.165) is 12.8 Å². The molecule has 1 saturated heterocycles. The second kappa shape index (κ2) is 5.15. The summed E-state index contributed by atoms with van der Waals surface area (Å²) in [5.41, 5.74) is 0.570. The van der Waals surface area contributed by atoms with E-state index in [4.69, 9.17) is 9.47 Å². The van der Waals surface area contributed by atoms with E-state index in [2.05, 4.69) is 0 Å². The molecule has 0 aliphatic carbocycles. The number of amides is 1. The molecule has 0 spiro atoms. The third-order valence-electron chi connectivity index (χ3n) is 4.05. The molecular formula is C15H17NO4. The smallest absolute Gasteiger partial charge is 0.310 e. The van der Waals surface area contributed by atoms with Crippen LogP contribution in [-0.2, 0) is 9.53 Å². The second-order valence-electron chi connectivity index (χ2n) is 5.22. The zero-order valence-electron chi connectivity index (χ0n) is 11.4. The van der Waals surface area contributed by atoms with Crippen LogP contribution in [0.1, 0.15) is 23.2 Å². The number of carbonyl (C=O) groups is 2. The van der Waals surface area contributed by atoms with E-state index in [1.807, 2.05) is 18.2 Å². The van der Waals surface area contributed by atoms with Gasteiger partial charge in [0.05, 0.1) is 24.6 Å². The summed E-state index contributed by atoms with van der Waals surface area (Å²) >= 11 is 0. The number of esters is 1.